The first kappa shape index (κ1) is 22.0. The van der Waals surface area contributed by atoms with E-state index < -0.39 is 4.92 Å². The Bertz CT molecular complexity index is 1310. The monoisotopic (exact) mass is 457 g/mol. The number of benzene rings is 3. The first-order valence-corrected chi connectivity index (χ1v) is 11.0. The zero-order chi connectivity index (χ0) is 23.0. The van der Waals surface area contributed by atoms with Gasteiger partial charge in [0, 0.05) is 23.6 Å². The summed E-state index contributed by atoms with van der Waals surface area (Å²) < 4.78 is 0. The minimum Gasteiger partial charge on any atom is -0.333 e. The van der Waals surface area contributed by atoms with Crippen molar-refractivity contribution in [2.45, 2.75) is 10.9 Å². The fraction of sp³-hybridized carbons (Fsp3) is 0.0417. The van der Waals surface area contributed by atoms with Gasteiger partial charge in [0.05, 0.1) is 21.5 Å². The number of nitrogens with one attached hydrogen (secondary N) is 2. The second-order valence-electron chi connectivity index (χ2n) is 6.94. The highest BCUT2D eigenvalue weighted by molar-refractivity contribution is 7.98. The number of imidazole rings is 1. The highest BCUT2D eigenvalue weighted by Crippen LogP contribution is 2.23. The van der Waals surface area contributed by atoms with Gasteiger partial charge in [-0.2, -0.15) is 5.10 Å². The number of allylic oxidation sites excluding steroid dienone is 1. The van der Waals surface area contributed by atoms with Gasteiger partial charge in [-0.05, 0) is 48.0 Å². The summed E-state index contributed by atoms with van der Waals surface area (Å²) in [6, 6.07) is 21.5. The summed E-state index contributed by atoms with van der Waals surface area (Å²) in [5.74, 6) is 0.373. The van der Waals surface area contributed by atoms with Crippen molar-refractivity contribution in [1.29, 1.82) is 0 Å². The first-order chi connectivity index (χ1) is 16.1. The summed E-state index contributed by atoms with van der Waals surface area (Å²) in [7, 11) is 0. The Kier molecular flexibility index (Phi) is 6.91. The Hall–Kier alpha value is -4.24. The molecule has 1 amide bonds. The third-order valence-corrected chi connectivity index (χ3v) is 5.64. The van der Waals surface area contributed by atoms with E-state index >= 15 is 0 Å². The molecule has 0 aliphatic rings. The normalized spacial score (nSPS) is 11.4. The molecule has 4 aromatic rings. The molecule has 8 nitrogen and oxygen atoms in total. The van der Waals surface area contributed by atoms with Crippen LogP contribution in [0, 0.1) is 10.1 Å². The largest absolute Gasteiger partial charge is 0.333 e. The summed E-state index contributed by atoms with van der Waals surface area (Å²) in [4.78, 5) is 30.6. The number of fused-ring (bicyclic) bond motifs is 1. The Morgan fingerprint density at radius 1 is 1.09 bits per heavy atom. The molecule has 9 heteroatoms. The number of hydrogen-bond acceptors (Lipinski definition) is 6. The predicted octanol–water partition coefficient (Wildman–Crippen LogP) is 5.19. The molecular weight excluding hydrogens is 438 g/mol. The number of aromatic nitrogens is 2. The average molecular weight is 458 g/mol. The number of amides is 1. The molecule has 33 heavy (non-hydrogen) atoms. The topological polar surface area (TPSA) is 113 Å². The molecule has 0 atom stereocenters. The zero-order valence-electron chi connectivity index (χ0n) is 17.3. The van der Waals surface area contributed by atoms with Gasteiger partial charge >= 0.3 is 0 Å². The lowest BCUT2D eigenvalue weighted by Crippen LogP contribution is -2.17. The van der Waals surface area contributed by atoms with Crippen molar-refractivity contribution < 1.29 is 9.72 Å². The summed E-state index contributed by atoms with van der Waals surface area (Å²) >= 11 is 1.59. The molecule has 164 valence electrons. The van der Waals surface area contributed by atoms with Crippen LogP contribution in [0.3, 0.4) is 0 Å². The molecule has 0 saturated carbocycles. The Labute approximate surface area is 193 Å². The van der Waals surface area contributed by atoms with Crippen molar-refractivity contribution in [3.8, 4) is 0 Å². The lowest BCUT2D eigenvalue weighted by molar-refractivity contribution is -0.385. The number of para-hydroxylation sites is 3. The van der Waals surface area contributed by atoms with E-state index in [0.717, 1.165) is 27.5 Å². The van der Waals surface area contributed by atoms with E-state index in [1.165, 1.54) is 18.4 Å². The number of carbonyl (C=O) groups excluding carboxylic acids is 1. The number of hydrazone groups is 1. The quantitative estimate of drug-likeness (QED) is 0.164. The van der Waals surface area contributed by atoms with Crippen molar-refractivity contribution in [1.82, 2.24) is 15.4 Å². The van der Waals surface area contributed by atoms with E-state index in [2.05, 4.69) is 20.5 Å². The summed E-state index contributed by atoms with van der Waals surface area (Å²) in [5, 5.41) is 15.7. The molecule has 3 aromatic carbocycles. The van der Waals surface area contributed by atoms with E-state index in [4.69, 9.17) is 0 Å². The molecule has 0 bridgehead atoms. The van der Waals surface area contributed by atoms with Gasteiger partial charge in [-0.25, -0.2) is 10.4 Å². The van der Waals surface area contributed by atoms with Crippen molar-refractivity contribution in [2.75, 3.05) is 0 Å². The van der Waals surface area contributed by atoms with Gasteiger partial charge in [0.1, 0.15) is 0 Å². The maximum Gasteiger partial charge on any atom is 0.276 e. The lowest BCUT2D eigenvalue weighted by Gasteiger charge is -2.02. The van der Waals surface area contributed by atoms with Crippen LogP contribution in [0.25, 0.3) is 17.1 Å². The van der Waals surface area contributed by atoms with Crippen LogP contribution in [0.15, 0.2) is 89.1 Å². The van der Waals surface area contributed by atoms with Gasteiger partial charge < -0.3 is 4.98 Å². The number of carbonyl (C=O) groups is 1. The Morgan fingerprint density at radius 3 is 2.64 bits per heavy atom. The van der Waals surface area contributed by atoms with Gasteiger partial charge in [0.2, 0.25) is 0 Å². The van der Waals surface area contributed by atoms with Gasteiger partial charge in [-0.3, -0.25) is 14.9 Å². The van der Waals surface area contributed by atoms with Crippen LogP contribution in [-0.2, 0) is 5.75 Å². The highest BCUT2D eigenvalue weighted by Gasteiger charge is 2.09. The molecule has 0 aliphatic carbocycles. The number of thioether (sulfide) groups is 1. The number of H-pyrrole nitrogens is 1. The van der Waals surface area contributed by atoms with Gasteiger partial charge in [0.15, 0.2) is 5.16 Å². The molecule has 1 heterocycles. The Morgan fingerprint density at radius 2 is 1.85 bits per heavy atom. The molecule has 1 aromatic heterocycles. The van der Waals surface area contributed by atoms with E-state index in [9.17, 15) is 14.9 Å². The van der Waals surface area contributed by atoms with Gasteiger partial charge in [0.25, 0.3) is 11.6 Å². The molecule has 0 radical (unpaired) electrons. The van der Waals surface area contributed by atoms with Crippen LogP contribution in [0.2, 0.25) is 0 Å². The Balaban J connectivity index is 1.28. The van der Waals surface area contributed by atoms with Gasteiger partial charge in [-0.15, -0.1) is 0 Å². The van der Waals surface area contributed by atoms with E-state index in [1.54, 1.807) is 48.2 Å². The van der Waals surface area contributed by atoms with E-state index in [1.807, 2.05) is 36.4 Å². The van der Waals surface area contributed by atoms with Crippen LogP contribution in [-0.4, -0.2) is 27.0 Å². The zero-order valence-corrected chi connectivity index (χ0v) is 18.2. The third-order valence-electron chi connectivity index (χ3n) is 4.70. The highest BCUT2D eigenvalue weighted by atomic mass is 32.2. The summed E-state index contributed by atoms with van der Waals surface area (Å²) in [6.45, 7) is 0. The van der Waals surface area contributed by atoms with Crippen LogP contribution in [0.4, 0.5) is 5.69 Å². The predicted molar refractivity (Wildman–Crippen MR) is 130 cm³/mol. The molecule has 2 N–H and O–H groups in total. The minimum absolute atomic E-state index is 0.00441. The third kappa shape index (κ3) is 5.72. The van der Waals surface area contributed by atoms with Crippen LogP contribution < -0.4 is 5.43 Å². The van der Waals surface area contributed by atoms with Crippen molar-refractivity contribution in [3.63, 3.8) is 0 Å². The number of nitro benzene ring substituents is 1. The standard InChI is InChI=1S/C24H19N5O3S/c30-23(28-25-15-5-7-18-6-1-4-10-22(18)29(31)32)19-13-11-17(12-14-19)16-33-24-26-20-8-2-3-9-21(20)27-24/h1-15H,16H2,(H,26,27)(H,28,30). The van der Waals surface area contributed by atoms with Gasteiger partial charge in [-0.1, -0.05) is 48.2 Å². The average Bonchev–Trinajstić information content (AvgIpc) is 3.26. The molecule has 0 fully saturated rings. The molecule has 0 spiro atoms. The fourth-order valence-corrected chi connectivity index (χ4v) is 3.89. The van der Waals surface area contributed by atoms with Crippen molar-refractivity contribution in [2.24, 2.45) is 5.10 Å². The number of hydrogen-bond donors (Lipinski definition) is 2. The number of nitrogens with zero attached hydrogens (tertiary/aromatic N) is 3. The van der Waals surface area contributed by atoms with Crippen LogP contribution >= 0.6 is 11.8 Å². The molecular formula is C24H19N5O3S. The second kappa shape index (κ2) is 10.4. The molecule has 4 rings (SSSR count). The van der Waals surface area contributed by atoms with E-state index in [-0.39, 0.29) is 11.6 Å². The van der Waals surface area contributed by atoms with Crippen LogP contribution in [0.1, 0.15) is 21.5 Å². The number of rotatable bonds is 8. The summed E-state index contributed by atoms with van der Waals surface area (Å²) in [5.41, 5.74) is 6.38. The fourth-order valence-electron chi connectivity index (χ4n) is 3.05. The number of nitro groups is 1. The minimum atomic E-state index is -0.447. The molecule has 0 aliphatic heterocycles. The number of aromatic amines is 1. The summed E-state index contributed by atoms with van der Waals surface area (Å²) in [6.07, 6.45) is 4.45. The molecule has 0 unspecified atom stereocenters. The SMILES string of the molecule is O=C(NN=CC=Cc1ccccc1[N+](=O)[O-])c1ccc(CSc2nc3ccccc3[nH]2)cc1. The first-order valence-electron chi connectivity index (χ1n) is 10.00. The maximum absolute atomic E-state index is 12.3. The molecule has 0 saturated heterocycles. The van der Waals surface area contributed by atoms with E-state index in [0.29, 0.717) is 11.1 Å². The maximum atomic E-state index is 12.3. The van der Waals surface area contributed by atoms with Crippen LogP contribution in [0.5, 0.6) is 0 Å². The lowest BCUT2D eigenvalue weighted by atomic mass is 10.1. The van der Waals surface area contributed by atoms with Crippen molar-refractivity contribution in [3.05, 3.63) is 106 Å². The smallest absolute Gasteiger partial charge is 0.276 e. The second-order valence-corrected chi connectivity index (χ2v) is 7.90. The van der Waals surface area contributed by atoms with Crippen molar-refractivity contribution >= 4 is 46.7 Å².